The van der Waals surface area contributed by atoms with Crippen LogP contribution in [0.15, 0.2) is 47.1 Å². The average Bonchev–Trinajstić information content (AvgIpc) is 2.62. The molecule has 1 aliphatic carbocycles. The van der Waals surface area contributed by atoms with E-state index in [0.29, 0.717) is 10.7 Å². The number of aromatic nitrogens is 1. The van der Waals surface area contributed by atoms with Gasteiger partial charge in [-0.25, -0.2) is 0 Å². The fraction of sp³-hybridized carbons (Fsp3) is 0.353. The van der Waals surface area contributed by atoms with Crippen LogP contribution in [0.4, 0.5) is 0 Å². The third-order valence-electron chi connectivity index (χ3n) is 4.05. The Hall–Kier alpha value is -0.670. The number of rotatable bonds is 2. The second-order valence-electron chi connectivity index (χ2n) is 5.42. The first-order chi connectivity index (χ1) is 9.74. The van der Waals surface area contributed by atoms with E-state index in [1.807, 2.05) is 6.20 Å². The van der Waals surface area contributed by atoms with Crippen molar-refractivity contribution in [2.45, 2.75) is 30.5 Å². The number of fused-ring (bicyclic) bond motifs is 1. The van der Waals surface area contributed by atoms with Crippen molar-refractivity contribution in [3.05, 3.63) is 63.9 Å². The van der Waals surface area contributed by atoms with Gasteiger partial charge in [0.2, 0.25) is 0 Å². The quantitative estimate of drug-likeness (QED) is 0.485. The lowest BCUT2D eigenvalue weighted by Gasteiger charge is -2.21. The minimum absolute atomic E-state index is 0.437. The van der Waals surface area contributed by atoms with Gasteiger partial charge in [-0.2, -0.15) is 0 Å². The number of halogens is 2. The van der Waals surface area contributed by atoms with E-state index in [-0.39, 0.29) is 0 Å². The second-order valence-corrected chi connectivity index (χ2v) is 7.33. The molecule has 0 saturated heterocycles. The summed E-state index contributed by atoms with van der Waals surface area (Å²) in [5, 5.41) is 0. The molecule has 1 aromatic carbocycles. The molecular formula is C17H17Br2N. The van der Waals surface area contributed by atoms with Crippen molar-refractivity contribution >= 4 is 31.9 Å². The van der Waals surface area contributed by atoms with E-state index in [2.05, 4.69) is 73.2 Å². The van der Waals surface area contributed by atoms with Crippen molar-refractivity contribution in [1.29, 1.82) is 0 Å². The van der Waals surface area contributed by atoms with E-state index in [4.69, 9.17) is 0 Å². The highest BCUT2D eigenvalue weighted by Gasteiger charge is 2.25. The van der Waals surface area contributed by atoms with Gasteiger partial charge in [0, 0.05) is 21.2 Å². The van der Waals surface area contributed by atoms with Gasteiger partial charge in [0.05, 0.1) is 0 Å². The van der Waals surface area contributed by atoms with Crippen LogP contribution in [0.25, 0.3) is 0 Å². The lowest BCUT2D eigenvalue weighted by Crippen LogP contribution is -2.11. The van der Waals surface area contributed by atoms with Gasteiger partial charge in [-0.15, -0.1) is 0 Å². The molecule has 1 heterocycles. The monoisotopic (exact) mass is 393 g/mol. The van der Waals surface area contributed by atoms with Gasteiger partial charge in [0.1, 0.15) is 0 Å². The molecule has 1 aliphatic rings. The molecule has 0 bridgehead atoms. The van der Waals surface area contributed by atoms with Crippen LogP contribution in [0.3, 0.4) is 0 Å². The molecule has 1 aromatic heterocycles. The normalized spacial score (nSPS) is 22.1. The predicted octanol–water partition coefficient (Wildman–Crippen LogP) is 5.48. The van der Waals surface area contributed by atoms with Crippen molar-refractivity contribution in [3.8, 4) is 0 Å². The predicted molar refractivity (Wildman–Crippen MR) is 90.2 cm³/mol. The molecule has 1 nitrogen and oxygen atoms in total. The van der Waals surface area contributed by atoms with Crippen LogP contribution in [0, 0.1) is 5.92 Å². The first-order valence-electron chi connectivity index (χ1n) is 7.06. The Bertz CT molecular complexity index is 580. The maximum atomic E-state index is 4.53. The second kappa shape index (κ2) is 6.40. The van der Waals surface area contributed by atoms with Crippen molar-refractivity contribution in [1.82, 2.24) is 4.98 Å². The highest BCUT2D eigenvalue weighted by molar-refractivity contribution is 9.10. The van der Waals surface area contributed by atoms with Gasteiger partial charge in [0.25, 0.3) is 0 Å². The Balaban J connectivity index is 1.82. The Morgan fingerprint density at radius 2 is 2.00 bits per heavy atom. The zero-order chi connectivity index (χ0) is 13.9. The lowest BCUT2D eigenvalue weighted by atomic mass is 9.92. The van der Waals surface area contributed by atoms with E-state index in [1.165, 1.54) is 36.1 Å². The summed E-state index contributed by atoms with van der Waals surface area (Å²) < 4.78 is 1.04. The van der Waals surface area contributed by atoms with Gasteiger partial charge in [-0.1, -0.05) is 40.2 Å². The molecule has 0 N–H and O–H groups in total. The molecule has 3 heteroatoms. The number of aryl methyl sites for hydroxylation is 1. The first-order valence-corrected chi connectivity index (χ1v) is 8.77. The fourth-order valence-corrected chi connectivity index (χ4v) is 4.12. The zero-order valence-electron chi connectivity index (χ0n) is 11.2. The van der Waals surface area contributed by atoms with Crippen molar-refractivity contribution in [2.24, 2.45) is 5.92 Å². The number of pyridine rings is 1. The Morgan fingerprint density at radius 3 is 2.80 bits per heavy atom. The topological polar surface area (TPSA) is 12.9 Å². The SMILES string of the molecule is Brc1ccc(CC2CCCc3ccccc3C2Br)nc1. The lowest BCUT2D eigenvalue weighted by molar-refractivity contribution is 0.470. The smallest absolute Gasteiger partial charge is 0.0429 e. The van der Waals surface area contributed by atoms with Crippen molar-refractivity contribution < 1.29 is 0 Å². The summed E-state index contributed by atoms with van der Waals surface area (Å²) in [7, 11) is 0. The molecule has 0 aliphatic heterocycles. The number of hydrogen-bond acceptors (Lipinski definition) is 1. The highest BCUT2D eigenvalue weighted by atomic mass is 79.9. The molecular weight excluding hydrogens is 378 g/mol. The highest BCUT2D eigenvalue weighted by Crippen LogP contribution is 2.40. The molecule has 2 atom stereocenters. The summed E-state index contributed by atoms with van der Waals surface area (Å²) in [5.41, 5.74) is 4.15. The van der Waals surface area contributed by atoms with Gasteiger partial charge in [0.15, 0.2) is 0 Å². The van der Waals surface area contributed by atoms with Gasteiger partial charge >= 0.3 is 0 Å². The Labute approximate surface area is 137 Å². The van der Waals surface area contributed by atoms with Gasteiger partial charge in [-0.3, -0.25) is 4.98 Å². The maximum Gasteiger partial charge on any atom is 0.0429 e. The van der Waals surface area contributed by atoms with E-state index in [0.717, 1.165) is 10.9 Å². The van der Waals surface area contributed by atoms with E-state index >= 15 is 0 Å². The van der Waals surface area contributed by atoms with Crippen LogP contribution >= 0.6 is 31.9 Å². The van der Waals surface area contributed by atoms with Crippen LogP contribution in [-0.2, 0) is 12.8 Å². The summed E-state index contributed by atoms with van der Waals surface area (Å²) in [4.78, 5) is 4.96. The van der Waals surface area contributed by atoms with Crippen LogP contribution in [0.1, 0.15) is 34.5 Å². The van der Waals surface area contributed by atoms with E-state index in [9.17, 15) is 0 Å². The third kappa shape index (κ3) is 3.15. The summed E-state index contributed by atoms with van der Waals surface area (Å²) >= 11 is 7.38. The zero-order valence-corrected chi connectivity index (χ0v) is 14.4. The molecule has 0 spiro atoms. The van der Waals surface area contributed by atoms with Crippen LogP contribution in [0.5, 0.6) is 0 Å². The number of hydrogen-bond donors (Lipinski definition) is 0. The number of nitrogens with zero attached hydrogens (tertiary/aromatic N) is 1. The van der Waals surface area contributed by atoms with Crippen LogP contribution in [0.2, 0.25) is 0 Å². The molecule has 104 valence electrons. The van der Waals surface area contributed by atoms with Gasteiger partial charge in [-0.05, 0) is 70.8 Å². The molecule has 0 radical (unpaired) electrons. The Morgan fingerprint density at radius 1 is 1.15 bits per heavy atom. The fourth-order valence-electron chi connectivity index (χ4n) is 2.99. The molecule has 2 unspecified atom stereocenters. The summed E-state index contributed by atoms with van der Waals surface area (Å²) in [5.74, 6) is 0.618. The average molecular weight is 395 g/mol. The molecule has 3 rings (SSSR count). The summed E-state index contributed by atoms with van der Waals surface area (Å²) in [6.07, 6.45) is 6.64. The largest absolute Gasteiger partial charge is 0.260 e. The van der Waals surface area contributed by atoms with E-state index < -0.39 is 0 Å². The number of benzene rings is 1. The van der Waals surface area contributed by atoms with Crippen LogP contribution in [-0.4, -0.2) is 4.98 Å². The molecule has 0 fully saturated rings. The van der Waals surface area contributed by atoms with Crippen molar-refractivity contribution in [3.63, 3.8) is 0 Å². The molecule has 2 aromatic rings. The van der Waals surface area contributed by atoms with Crippen LogP contribution < -0.4 is 0 Å². The third-order valence-corrected chi connectivity index (χ3v) is 5.76. The molecule has 0 amide bonds. The van der Waals surface area contributed by atoms with Gasteiger partial charge < -0.3 is 0 Å². The first kappa shape index (κ1) is 14.3. The number of alkyl halides is 1. The minimum Gasteiger partial charge on any atom is -0.260 e. The summed E-state index contributed by atoms with van der Waals surface area (Å²) in [6, 6.07) is 13.0. The minimum atomic E-state index is 0.437. The maximum absolute atomic E-state index is 4.53. The molecule has 0 saturated carbocycles. The Kier molecular flexibility index (Phi) is 4.57. The van der Waals surface area contributed by atoms with E-state index in [1.54, 1.807) is 0 Å². The molecule has 20 heavy (non-hydrogen) atoms. The summed E-state index contributed by atoms with van der Waals surface area (Å²) in [6.45, 7) is 0. The van der Waals surface area contributed by atoms with Crippen molar-refractivity contribution in [2.75, 3.05) is 0 Å². The standard InChI is InChI=1S/C17H17Br2N/c18-14-8-9-15(20-11-14)10-13-6-3-5-12-4-1-2-7-16(12)17(13)19/h1-2,4,7-9,11,13,17H,3,5-6,10H2.